The number of nitrogens with zero attached hydrogens (tertiary/aromatic N) is 1. The van der Waals surface area contributed by atoms with Gasteiger partial charge in [-0.05, 0) is 37.5 Å². The van der Waals surface area contributed by atoms with E-state index in [1.54, 1.807) is 6.92 Å². The van der Waals surface area contributed by atoms with Crippen molar-refractivity contribution >= 4 is 17.3 Å². The summed E-state index contributed by atoms with van der Waals surface area (Å²) in [4.78, 5) is 15.9. The molecule has 2 N–H and O–H groups in total. The highest BCUT2D eigenvalue weighted by molar-refractivity contribution is 6.03. The van der Waals surface area contributed by atoms with Crippen molar-refractivity contribution in [2.24, 2.45) is 0 Å². The van der Waals surface area contributed by atoms with Crippen molar-refractivity contribution < 1.29 is 9.21 Å². The van der Waals surface area contributed by atoms with E-state index in [1.165, 1.54) is 12.0 Å². The molecule has 0 bridgehead atoms. The summed E-state index contributed by atoms with van der Waals surface area (Å²) in [6, 6.07) is 5.91. The second kappa shape index (κ2) is 4.76. The number of carbonyl (C=O) groups excluding carboxylic acids is 1. The number of fused-ring (bicyclic) bond motifs is 1. The van der Waals surface area contributed by atoms with Crippen LogP contribution < -0.4 is 10.6 Å². The Labute approximate surface area is 111 Å². The van der Waals surface area contributed by atoms with Gasteiger partial charge in [-0.2, -0.15) is 0 Å². The number of aromatic nitrogens is 1. The van der Waals surface area contributed by atoms with Crippen LogP contribution in [0.3, 0.4) is 0 Å². The third-order valence-corrected chi connectivity index (χ3v) is 3.26. The predicted octanol–water partition coefficient (Wildman–Crippen LogP) is 2.59. The fourth-order valence-electron chi connectivity index (χ4n) is 2.25. The van der Waals surface area contributed by atoms with E-state index in [-0.39, 0.29) is 11.7 Å². The number of rotatable bonds is 2. The molecule has 0 fully saturated rings. The van der Waals surface area contributed by atoms with Crippen molar-refractivity contribution in [3.63, 3.8) is 0 Å². The van der Waals surface area contributed by atoms with Crippen LogP contribution in [0.25, 0.3) is 0 Å². The van der Waals surface area contributed by atoms with Gasteiger partial charge in [0.05, 0.1) is 5.69 Å². The highest BCUT2D eigenvalue weighted by Crippen LogP contribution is 2.25. The minimum Gasteiger partial charge on any atom is -0.438 e. The zero-order valence-corrected chi connectivity index (χ0v) is 10.7. The number of anilines is 2. The number of amides is 1. The molecule has 1 aliphatic rings. The van der Waals surface area contributed by atoms with E-state index in [4.69, 9.17) is 4.42 Å². The van der Waals surface area contributed by atoms with Gasteiger partial charge in [-0.25, -0.2) is 4.98 Å². The molecule has 0 aliphatic carbocycles. The Hall–Kier alpha value is -2.30. The van der Waals surface area contributed by atoms with Gasteiger partial charge in [-0.3, -0.25) is 4.79 Å². The average molecular weight is 257 g/mol. The maximum Gasteiger partial charge on any atom is 0.293 e. The van der Waals surface area contributed by atoms with Gasteiger partial charge in [0, 0.05) is 17.9 Å². The summed E-state index contributed by atoms with van der Waals surface area (Å²) in [6.07, 6.45) is 3.51. The van der Waals surface area contributed by atoms with E-state index < -0.39 is 0 Å². The van der Waals surface area contributed by atoms with Crippen LogP contribution in [0.4, 0.5) is 11.4 Å². The average Bonchev–Trinajstić information content (AvgIpc) is 2.85. The van der Waals surface area contributed by atoms with Crippen LogP contribution in [0, 0.1) is 6.92 Å². The molecule has 0 atom stereocenters. The Morgan fingerprint density at radius 3 is 3.16 bits per heavy atom. The Morgan fingerprint density at radius 2 is 2.37 bits per heavy atom. The first-order valence-electron chi connectivity index (χ1n) is 6.32. The minimum atomic E-state index is -0.272. The fourth-order valence-corrected chi connectivity index (χ4v) is 2.25. The molecule has 1 amide bonds. The SMILES string of the molecule is Cc1ncoc1C(=O)Nc1ccc2c(c1)NCCC2. The van der Waals surface area contributed by atoms with Gasteiger partial charge in [-0.1, -0.05) is 6.07 Å². The monoisotopic (exact) mass is 257 g/mol. The van der Waals surface area contributed by atoms with Gasteiger partial charge in [0.15, 0.2) is 6.39 Å². The molecule has 1 aromatic heterocycles. The Kier molecular flexibility index (Phi) is 2.95. The van der Waals surface area contributed by atoms with Gasteiger partial charge < -0.3 is 15.1 Å². The minimum absolute atomic E-state index is 0.255. The number of hydrogen-bond acceptors (Lipinski definition) is 4. The van der Waals surface area contributed by atoms with E-state index in [2.05, 4.69) is 15.6 Å². The molecule has 2 aromatic rings. The molecule has 1 aromatic carbocycles. The zero-order valence-electron chi connectivity index (χ0n) is 10.7. The molecule has 1 aliphatic heterocycles. The summed E-state index contributed by atoms with van der Waals surface area (Å²) >= 11 is 0. The molecule has 0 saturated carbocycles. The highest BCUT2D eigenvalue weighted by atomic mass is 16.3. The highest BCUT2D eigenvalue weighted by Gasteiger charge is 2.15. The first-order chi connectivity index (χ1) is 9.24. The topological polar surface area (TPSA) is 67.2 Å². The largest absolute Gasteiger partial charge is 0.438 e. The molecular formula is C14H15N3O2. The molecule has 2 heterocycles. The third-order valence-electron chi connectivity index (χ3n) is 3.26. The van der Waals surface area contributed by atoms with Gasteiger partial charge in [0.1, 0.15) is 0 Å². The van der Waals surface area contributed by atoms with Crippen LogP contribution in [0.2, 0.25) is 0 Å². The zero-order chi connectivity index (χ0) is 13.2. The number of benzene rings is 1. The molecular weight excluding hydrogens is 242 g/mol. The Morgan fingerprint density at radius 1 is 1.47 bits per heavy atom. The maximum atomic E-state index is 12.0. The predicted molar refractivity (Wildman–Crippen MR) is 72.4 cm³/mol. The number of hydrogen-bond donors (Lipinski definition) is 2. The maximum absolute atomic E-state index is 12.0. The standard InChI is InChI=1S/C14H15N3O2/c1-9-13(19-8-16-9)14(18)17-11-5-4-10-3-2-6-15-12(10)7-11/h4-5,7-8,15H,2-3,6H2,1H3,(H,17,18). The fraction of sp³-hybridized carbons (Fsp3) is 0.286. The summed E-state index contributed by atoms with van der Waals surface area (Å²) in [5.41, 5.74) is 3.74. The smallest absolute Gasteiger partial charge is 0.293 e. The first-order valence-corrected chi connectivity index (χ1v) is 6.32. The van der Waals surface area contributed by atoms with Crippen LogP contribution in [0.15, 0.2) is 29.0 Å². The summed E-state index contributed by atoms with van der Waals surface area (Å²) in [6.45, 7) is 2.72. The van der Waals surface area contributed by atoms with Crippen LogP contribution in [-0.4, -0.2) is 17.4 Å². The summed E-state index contributed by atoms with van der Waals surface area (Å²) in [5, 5.41) is 6.16. The van der Waals surface area contributed by atoms with Crippen molar-refractivity contribution in [2.75, 3.05) is 17.2 Å². The summed E-state index contributed by atoms with van der Waals surface area (Å²) in [5.74, 6) is -0.0172. The third kappa shape index (κ3) is 2.31. The molecule has 0 unspecified atom stereocenters. The first kappa shape index (κ1) is 11.8. The molecule has 0 spiro atoms. The molecule has 0 radical (unpaired) electrons. The lowest BCUT2D eigenvalue weighted by Gasteiger charge is -2.18. The molecule has 5 nitrogen and oxygen atoms in total. The number of nitrogens with one attached hydrogen (secondary N) is 2. The van der Waals surface area contributed by atoms with Crippen molar-refractivity contribution in [2.45, 2.75) is 19.8 Å². The van der Waals surface area contributed by atoms with Crippen LogP contribution >= 0.6 is 0 Å². The van der Waals surface area contributed by atoms with Crippen LogP contribution in [-0.2, 0) is 6.42 Å². The molecule has 19 heavy (non-hydrogen) atoms. The summed E-state index contributed by atoms with van der Waals surface area (Å²) < 4.78 is 5.07. The van der Waals surface area contributed by atoms with Gasteiger partial charge in [0.2, 0.25) is 5.76 Å². The van der Waals surface area contributed by atoms with Crippen molar-refractivity contribution in [1.82, 2.24) is 4.98 Å². The number of aryl methyl sites for hydroxylation is 2. The Balaban J connectivity index is 1.80. The van der Waals surface area contributed by atoms with E-state index in [1.807, 2.05) is 18.2 Å². The second-order valence-electron chi connectivity index (χ2n) is 4.62. The van der Waals surface area contributed by atoms with E-state index in [9.17, 15) is 4.79 Å². The lowest BCUT2D eigenvalue weighted by Crippen LogP contribution is -2.15. The quantitative estimate of drug-likeness (QED) is 0.867. The second-order valence-corrected chi connectivity index (χ2v) is 4.62. The molecule has 5 heteroatoms. The Bertz CT molecular complexity index is 619. The lowest BCUT2D eigenvalue weighted by atomic mass is 10.0. The molecule has 0 saturated heterocycles. The van der Waals surface area contributed by atoms with Crippen LogP contribution in [0.5, 0.6) is 0 Å². The van der Waals surface area contributed by atoms with Gasteiger partial charge >= 0.3 is 0 Å². The van der Waals surface area contributed by atoms with E-state index in [0.717, 1.165) is 30.8 Å². The van der Waals surface area contributed by atoms with Crippen molar-refractivity contribution in [1.29, 1.82) is 0 Å². The summed E-state index contributed by atoms with van der Waals surface area (Å²) in [7, 11) is 0. The van der Waals surface area contributed by atoms with Crippen molar-refractivity contribution in [3.8, 4) is 0 Å². The van der Waals surface area contributed by atoms with E-state index >= 15 is 0 Å². The normalized spacial score (nSPS) is 13.5. The van der Waals surface area contributed by atoms with Crippen LogP contribution in [0.1, 0.15) is 28.2 Å². The number of oxazole rings is 1. The van der Waals surface area contributed by atoms with Gasteiger partial charge in [0.25, 0.3) is 5.91 Å². The lowest BCUT2D eigenvalue weighted by molar-refractivity contribution is 0.0996. The van der Waals surface area contributed by atoms with Gasteiger partial charge in [-0.15, -0.1) is 0 Å². The molecule has 98 valence electrons. The molecule has 3 rings (SSSR count). The van der Waals surface area contributed by atoms with Crippen molar-refractivity contribution in [3.05, 3.63) is 41.6 Å². The van der Waals surface area contributed by atoms with E-state index in [0.29, 0.717) is 5.69 Å². The number of carbonyl (C=O) groups is 1.